The number of carboxylic acids is 1. The minimum atomic E-state index is -1.38. The Bertz CT molecular complexity index is 947. The molecule has 0 aromatic rings. The van der Waals surface area contributed by atoms with Crippen molar-refractivity contribution in [3.8, 4) is 0 Å². The summed E-state index contributed by atoms with van der Waals surface area (Å²) in [5.74, 6) is -2.36. The molecule has 0 aliphatic rings. The number of amides is 2. The fourth-order valence-electron chi connectivity index (χ4n) is 5.48. The summed E-state index contributed by atoms with van der Waals surface area (Å²) >= 11 is 0. The maximum absolute atomic E-state index is 12.7. The molecule has 0 aromatic heterocycles. The van der Waals surface area contributed by atoms with Gasteiger partial charge in [0, 0.05) is 12.8 Å². The monoisotopic (exact) mass is 705 g/mol. The van der Waals surface area contributed by atoms with Crippen LogP contribution in [-0.2, 0) is 23.9 Å². The molecule has 0 aliphatic heterocycles. The SMILES string of the molecule is CCCCC/C=C\C/C=C\C(CCCCCCCCC(=O)NCC(=O)NC(CO)C(=O)O)OC(=O)CCCCCCC/C=C\CCCCCC. The number of ether oxygens (including phenoxy) is 1. The molecule has 0 bridgehead atoms. The van der Waals surface area contributed by atoms with Crippen LogP contribution >= 0.6 is 0 Å². The molecule has 0 saturated carbocycles. The van der Waals surface area contributed by atoms with E-state index in [-0.39, 0.29) is 24.5 Å². The largest absolute Gasteiger partial charge is 0.480 e. The van der Waals surface area contributed by atoms with Gasteiger partial charge in [0.1, 0.15) is 12.1 Å². The van der Waals surface area contributed by atoms with Crippen molar-refractivity contribution in [3.63, 3.8) is 0 Å². The number of aliphatic carboxylic acids is 1. The Morgan fingerprint density at radius 2 is 1.14 bits per heavy atom. The normalized spacial score (nSPS) is 12.9. The number of hydrogen-bond acceptors (Lipinski definition) is 6. The summed E-state index contributed by atoms with van der Waals surface area (Å²) in [4.78, 5) is 47.3. The van der Waals surface area contributed by atoms with Gasteiger partial charge in [-0.05, 0) is 76.7 Å². The molecule has 288 valence electrons. The van der Waals surface area contributed by atoms with Crippen LogP contribution in [0.1, 0.15) is 174 Å². The number of aliphatic hydroxyl groups is 1. The van der Waals surface area contributed by atoms with Crippen molar-refractivity contribution in [2.45, 2.75) is 187 Å². The Morgan fingerprint density at radius 3 is 1.76 bits per heavy atom. The Labute approximate surface area is 304 Å². The van der Waals surface area contributed by atoms with Crippen LogP contribution in [0.15, 0.2) is 36.5 Å². The topological polar surface area (TPSA) is 142 Å². The van der Waals surface area contributed by atoms with Crippen molar-refractivity contribution in [1.29, 1.82) is 0 Å². The second kappa shape index (κ2) is 35.9. The maximum Gasteiger partial charge on any atom is 0.328 e. The lowest BCUT2D eigenvalue weighted by atomic mass is 10.1. The predicted octanol–water partition coefficient (Wildman–Crippen LogP) is 9.04. The molecule has 0 fully saturated rings. The average molecular weight is 705 g/mol. The molecular weight excluding hydrogens is 632 g/mol. The number of nitrogens with one attached hydrogen (secondary N) is 2. The summed E-state index contributed by atoms with van der Waals surface area (Å²) < 4.78 is 5.89. The van der Waals surface area contributed by atoms with E-state index < -0.39 is 24.5 Å². The summed E-state index contributed by atoms with van der Waals surface area (Å²) in [6.45, 7) is 3.42. The predicted molar refractivity (Wildman–Crippen MR) is 204 cm³/mol. The summed E-state index contributed by atoms with van der Waals surface area (Å²) in [6, 6.07) is -1.38. The smallest absolute Gasteiger partial charge is 0.328 e. The van der Waals surface area contributed by atoms with Gasteiger partial charge >= 0.3 is 11.9 Å². The van der Waals surface area contributed by atoms with E-state index in [9.17, 15) is 19.2 Å². The third-order valence-electron chi connectivity index (χ3n) is 8.59. The van der Waals surface area contributed by atoms with Crippen molar-refractivity contribution < 1.29 is 34.1 Å². The average Bonchev–Trinajstić information content (AvgIpc) is 3.10. The number of carbonyl (C=O) groups excluding carboxylic acids is 3. The van der Waals surface area contributed by atoms with E-state index in [1.165, 1.54) is 64.2 Å². The van der Waals surface area contributed by atoms with E-state index in [0.29, 0.717) is 19.3 Å². The summed E-state index contributed by atoms with van der Waals surface area (Å²) in [6.07, 6.45) is 39.0. The second-order valence-electron chi connectivity index (χ2n) is 13.4. The van der Waals surface area contributed by atoms with E-state index in [0.717, 1.165) is 77.0 Å². The molecule has 0 radical (unpaired) electrons. The molecule has 9 nitrogen and oxygen atoms in total. The lowest BCUT2D eigenvalue weighted by Gasteiger charge is -2.15. The van der Waals surface area contributed by atoms with Gasteiger partial charge < -0.3 is 25.6 Å². The van der Waals surface area contributed by atoms with E-state index in [1.54, 1.807) is 0 Å². The van der Waals surface area contributed by atoms with Gasteiger partial charge in [0.25, 0.3) is 0 Å². The molecule has 2 atom stereocenters. The Balaban J connectivity index is 4.29. The number of esters is 1. The van der Waals surface area contributed by atoms with Gasteiger partial charge in [-0.15, -0.1) is 0 Å². The molecule has 9 heteroatoms. The summed E-state index contributed by atoms with van der Waals surface area (Å²) in [7, 11) is 0. The van der Waals surface area contributed by atoms with Gasteiger partial charge in [-0.2, -0.15) is 0 Å². The first kappa shape index (κ1) is 47.1. The van der Waals surface area contributed by atoms with Crippen LogP contribution in [0.3, 0.4) is 0 Å². The molecule has 2 unspecified atom stereocenters. The van der Waals surface area contributed by atoms with Crippen molar-refractivity contribution in [3.05, 3.63) is 36.5 Å². The molecule has 0 aromatic carbocycles. The number of rotatable bonds is 35. The first-order chi connectivity index (χ1) is 24.3. The Morgan fingerprint density at radius 1 is 0.620 bits per heavy atom. The first-order valence-corrected chi connectivity index (χ1v) is 19.9. The zero-order valence-corrected chi connectivity index (χ0v) is 31.6. The molecule has 50 heavy (non-hydrogen) atoms. The number of aliphatic hydroxyl groups excluding tert-OH is 1. The maximum atomic E-state index is 12.7. The minimum Gasteiger partial charge on any atom is -0.480 e. The van der Waals surface area contributed by atoms with Crippen LogP contribution in [0.5, 0.6) is 0 Å². The molecular formula is C41H72N2O7. The molecule has 0 saturated heterocycles. The Kier molecular flexibility index (Phi) is 33.8. The lowest BCUT2D eigenvalue weighted by Crippen LogP contribution is -2.47. The van der Waals surface area contributed by atoms with Crippen LogP contribution in [0, 0.1) is 0 Å². The minimum absolute atomic E-state index is 0.105. The van der Waals surface area contributed by atoms with E-state index in [1.807, 2.05) is 0 Å². The number of unbranched alkanes of at least 4 members (excludes halogenated alkanes) is 17. The fraction of sp³-hybridized carbons (Fsp3) is 0.756. The van der Waals surface area contributed by atoms with Gasteiger partial charge in [-0.3, -0.25) is 14.4 Å². The number of hydrogen-bond donors (Lipinski definition) is 4. The van der Waals surface area contributed by atoms with E-state index in [4.69, 9.17) is 14.9 Å². The number of carboxylic acid groups (broad SMARTS) is 1. The second-order valence-corrected chi connectivity index (χ2v) is 13.4. The molecule has 0 rings (SSSR count). The highest BCUT2D eigenvalue weighted by Gasteiger charge is 2.18. The molecule has 0 aliphatic carbocycles. The zero-order chi connectivity index (χ0) is 36.9. The highest BCUT2D eigenvalue weighted by atomic mass is 16.5. The summed E-state index contributed by atoms with van der Waals surface area (Å²) in [5, 5.41) is 22.5. The highest BCUT2D eigenvalue weighted by molar-refractivity contribution is 5.87. The van der Waals surface area contributed by atoms with Crippen molar-refractivity contribution in [2.75, 3.05) is 13.2 Å². The van der Waals surface area contributed by atoms with Gasteiger partial charge in [-0.25, -0.2) is 4.79 Å². The Hall–Kier alpha value is -2.94. The van der Waals surface area contributed by atoms with Crippen molar-refractivity contribution >= 4 is 23.8 Å². The fourth-order valence-corrected chi connectivity index (χ4v) is 5.48. The van der Waals surface area contributed by atoms with Gasteiger partial charge in [0.05, 0.1) is 13.2 Å². The molecule has 4 N–H and O–H groups in total. The number of carbonyl (C=O) groups is 4. The summed E-state index contributed by atoms with van der Waals surface area (Å²) in [5.41, 5.74) is 0. The zero-order valence-electron chi connectivity index (χ0n) is 31.6. The third-order valence-corrected chi connectivity index (χ3v) is 8.59. The van der Waals surface area contributed by atoms with Gasteiger partial charge in [0.15, 0.2) is 0 Å². The van der Waals surface area contributed by atoms with Crippen LogP contribution in [0.4, 0.5) is 0 Å². The molecule has 2 amide bonds. The number of allylic oxidation sites excluding steroid dienone is 5. The van der Waals surface area contributed by atoms with Crippen LogP contribution in [-0.4, -0.2) is 59.3 Å². The van der Waals surface area contributed by atoms with Crippen molar-refractivity contribution in [1.82, 2.24) is 10.6 Å². The standard InChI is InChI=1S/C41H72N2O7/c1-3-5-7-9-11-13-14-15-16-17-19-25-29-33-40(47)50-36(30-26-22-18-12-10-8-6-4-2)31-27-23-20-21-24-28-32-38(45)42-34-39(46)43-37(35-44)41(48)49/h12-14,18,26,30,36-37,44H,3-11,15-17,19-25,27-29,31-35H2,1-2H3,(H,42,45)(H,43,46)(H,48,49)/b14-13-,18-12-,30-26-. The quantitative estimate of drug-likeness (QED) is 0.0293. The van der Waals surface area contributed by atoms with Crippen LogP contribution in [0.2, 0.25) is 0 Å². The van der Waals surface area contributed by atoms with E-state index in [2.05, 4.69) is 60.9 Å². The van der Waals surface area contributed by atoms with Gasteiger partial charge in [0.2, 0.25) is 11.8 Å². The molecule has 0 spiro atoms. The van der Waals surface area contributed by atoms with Crippen LogP contribution in [0.25, 0.3) is 0 Å². The molecule has 0 heterocycles. The first-order valence-electron chi connectivity index (χ1n) is 19.9. The van der Waals surface area contributed by atoms with Crippen molar-refractivity contribution in [2.24, 2.45) is 0 Å². The third kappa shape index (κ3) is 32.3. The van der Waals surface area contributed by atoms with E-state index >= 15 is 0 Å². The van der Waals surface area contributed by atoms with Gasteiger partial charge in [-0.1, -0.05) is 121 Å². The lowest BCUT2D eigenvalue weighted by molar-refractivity contribution is -0.147. The highest BCUT2D eigenvalue weighted by Crippen LogP contribution is 2.15. The van der Waals surface area contributed by atoms with Crippen LogP contribution < -0.4 is 10.6 Å².